The van der Waals surface area contributed by atoms with E-state index in [9.17, 15) is 0 Å². The van der Waals surface area contributed by atoms with E-state index in [-0.39, 0.29) is 0 Å². The number of para-hydroxylation sites is 4. The lowest BCUT2D eigenvalue weighted by molar-refractivity contribution is 1.18. The van der Waals surface area contributed by atoms with Crippen LogP contribution in [0.2, 0.25) is 0 Å². The molecular formula is C56H35N3S3. The Morgan fingerprint density at radius 1 is 0.290 bits per heavy atom. The van der Waals surface area contributed by atoms with Crippen LogP contribution in [-0.4, -0.2) is 4.57 Å². The molecule has 0 saturated carbocycles. The summed E-state index contributed by atoms with van der Waals surface area (Å²) in [5, 5.41) is 9.02. The first-order valence-electron chi connectivity index (χ1n) is 20.8. The van der Waals surface area contributed by atoms with E-state index in [4.69, 9.17) is 0 Å². The molecule has 292 valence electrons. The lowest BCUT2D eigenvalue weighted by atomic mass is 10.1. The highest BCUT2D eigenvalue weighted by atomic mass is 32.2. The van der Waals surface area contributed by atoms with Gasteiger partial charge in [-0.2, -0.15) is 0 Å². The molecule has 0 spiro atoms. The van der Waals surface area contributed by atoms with Crippen molar-refractivity contribution in [2.45, 2.75) is 0 Å². The molecule has 0 amide bonds. The van der Waals surface area contributed by atoms with Crippen LogP contribution in [0.15, 0.2) is 212 Å². The highest BCUT2D eigenvalue weighted by molar-refractivity contribution is 7.44. The van der Waals surface area contributed by atoms with Crippen LogP contribution in [0, 0.1) is 0 Å². The lowest BCUT2D eigenvalue weighted by Crippen LogP contribution is -2.10. The Labute approximate surface area is 369 Å². The zero-order valence-electron chi connectivity index (χ0n) is 33.3. The smallest absolute Gasteiger partial charge is 0.0890 e. The van der Waals surface area contributed by atoms with Gasteiger partial charge in [0.2, 0.25) is 0 Å². The van der Waals surface area contributed by atoms with Gasteiger partial charge in [-0.25, -0.2) is 0 Å². The molecule has 0 fully saturated rings. The normalized spacial score (nSPS) is 11.9. The fourth-order valence-corrected chi connectivity index (χ4v) is 13.1. The average molecular weight is 846 g/mol. The largest absolute Gasteiger partial charge is 0.310 e. The van der Waals surface area contributed by atoms with Gasteiger partial charge < -0.3 is 14.4 Å². The highest BCUT2D eigenvalue weighted by Crippen LogP contribution is 2.49. The van der Waals surface area contributed by atoms with E-state index in [0.717, 1.165) is 39.8 Å². The summed E-state index contributed by atoms with van der Waals surface area (Å²) >= 11 is 5.66. The Kier molecular flexibility index (Phi) is 8.13. The zero-order valence-corrected chi connectivity index (χ0v) is 35.7. The minimum Gasteiger partial charge on any atom is -0.310 e. The molecule has 0 saturated heterocycles. The van der Waals surface area contributed by atoms with Gasteiger partial charge in [0.15, 0.2) is 0 Å². The van der Waals surface area contributed by atoms with Crippen molar-refractivity contribution >= 4 is 140 Å². The molecule has 13 aromatic rings. The van der Waals surface area contributed by atoms with E-state index in [2.05, 4.69) is 227 Å². The Morgan fingerprint density at radius 2 is 0.790 bits per heavy atom. The molecule has 0 bridgehead atoms. The molecule has 62 heavy (non-hydrogen) atoms. The number of anilines is 6. The molecule has 3 nitrogen and oxygen atoms in total. The van der Waals surface area contributed by atoms with Crippen molar-refractivity contribution in [3.05, 3.63) is 212 Å². The van der Waals surface area contributed by atoms with E-state index in [1.54, 1.807) is 0 Å². The van der Waals surface area contributed by atoms with Gasteiger partial charge in [0.05, 0.1) is 15.0 Å². The minimum absolute atomic E-state index is 1.11. The maximum atomic E-state index is 2.41. The third kappa shape index (κ3) is 5.61. The maximum Gasteiger partial charge on any atom is 0.0890 e. The summed E-state index contributed by atoms with van der Waals surface area (Å²) in [6, 6.07) is 77.7. The third-order valence-corrected chi connectivity index (χ3v) is 15.7. The second-order valence-corrected chi connectivity index (χ2v) is 19.2. The molecule has 0 N–H and O–H groups in total. The molecule has 13 rings (SSSR count). The van der Waals surface area contributed by atoms with Crippen molar-refractivity contribution in [3.63, 3.8) is 0 Å². The van der Waals surface area contributed by atoms with Gasteiger partial charge in [0, 0.05) is 96.3 Å². The molecular weight excluding hydrogens is 811 g/mol. The van der Waals surface area contributed by atoms with Crippen molar-refractivity contribution in [2.75, 3.05) is 9.80 Å². The second kappa shape index (κ2) is 14.2. The van der Waals surface area contributed by atoms with Crippen molar-refractivity contribution in [1.29, 1.82) is 0 Å². The van der Waals surface area contributed by atoms with Gasteiger partial charge >= 0.3 is 0 Å². The summed E-state index contributed by atoms with van der Waals surface area (Å²) in [4.78, 5) is 4.81. The molecule has 4 aromatic heterocycles. The molecule has 0 aliphatic carbocycles. The zero-order chi connectivity index (χ0) is 40.7. The Morgan fingerprint density at radius 3 is 1.52 bits per heavy atom. The van der Waals surface area contributed by atoms with Gasteiger partial charge in [-0.05, 0) is 109 Å². The second-order valence-electron chi connectivity index (χ2n) is 15.7. The van der Waals surface area contributed by atoms with Gasteiger partial charge in [-0.15, -0.1) is 34.0 Å². The maximum absolute atomic E-state index is 2.41. The highest BCUT2D eigenvalue weighted by Gasteiger charge is 2.21. The number of hydrogen-bond acceptors (Lipinski definition) is 5. The number of benzene rings is 9. The van der Waals surface area contributed by atoms with E-state index < -0.39 is 0 Å². The minimum atomic E-state index is 1.11. The molecule has 0 aliphatic heterocycles. The fraction of sp³-hybridized carbons (Fsp3) is 0. The Hall–Kier alpha value is -7.22. The van der Waals surface area contributed by atoms with Gasteiger partial charge in [-0.3, -0.25) is 0 Å². The van der Waals surface area contributed by atoms with E-state index in [1.807, 2.05) is 34.0 Å². The molecule has 9 aromatic carbocycles. The van der Waals surface area contributed by atoms with E-state index >= 15 is 0 Å². The van der Waals surface area contributed by atoms with Crippen LogP contribution in [0.5, 0.6) is 0 Å². The molecule has 0 atom stereocenters. The van der Waals surface area contributed by atoms with Crippen LogP contribution >= 0.6 is 34.0 Å². The van der Waals surface area contributed by atoms with Gasteiger partial charge in [0.1, 0.15) is 0 Å². The van der Waals surface area contributed by atoms with Crippen LogP contribution in [0.1, 0.15) is 0 Å². The first kappa shape index (κ1) is 35.5. The fourth-order valence-electron chi connectivity index (χ4n) is 9.43. The molecule has 0 unspecified atom stereocenters. The Bertz CT molecular complexity index is 3820. The summed E-state index contributed by atoms with van der Waals surface area (Å²) in [5.41, 5.74) is 10.4. The number of fused-ring (bicyclic) bond motifs is 11. The van der Waals surface area contributed by atoms with Crippen LogP contribution in [0.4, 0.5) is 34.1 Å². The summed E-state index contributed by atoms with van der Waals surface area (Å²) in [5.74, 6) is 0. The monoisotopic (exact) mass is 845 g/mol. The van der Waals surface area contributed by atoms with Crippen molar-refractivity contribution in [1.82, 2.24) is 4.57 Å². The van der Waals surface area contributed by atoms with Gasteiger partial charge in [0.25, 0.3) is 0 Å². The molecule has 0 radical (unpaired) electrons. The summed E-state index contributed by atoms with van der Waals surface area (Å²) in [6.45, 7) is 0. The Balaban J connectivity index is 0.960. The number of nitrogens with zero attached hydrogens (tertiary/aromatic N) is 3. The lowest BCUT2D eigenvalue weighted by Gasteiger charge is -2.26. The summed E-state index contributed by atoms with van der Waals surface area (Å²) in [6.07, 6.45) is 0. The first-order chi connectivity index (χ1) is 30.7. The third-order valence-electron chi connectivity index (χ3n) is 12.2. The first-order valence-corrected chi connectivity index (χ1v) is 23.3. The molecule has 0 aliphatic rings. The van der Waals surface area contributed by atoms with Crippen molar-refractivity contribution in [2.24, 2.45) is 0 Å². The van der Waals surface area contributed by atoms with Crippen LogP contribution in [-0.2, 0) is 0 Å². The van der Waals surface area contributed by atoms with Gasteiger partial charge in [-0.1, -0.05) is 103 Å². The molecule has 4 heterocycles. The van der Waals surface area contributed by atoms with Crippen LogP contribution in [0.25, 0.3) is 77.2 Å². The number of aromatic nitrogens is 1. The van der Waals surface area contributed by atoms with Crippen molar-refractivity contribution in [3.8, 4) is 5.69 Å². The van der Waals surface area contributed by atoms with E-state index in [1.165, 1.54) is 71.6 Å². The average Bonchev–Trinajstić information content (AvgIpc) is 4.08. The molecule has 6 heteroatoms. The quantitative estimate of drug-likeness (QED) is 0.158. The summed E-state index contributed by atoms with van der Waals surface area (Å²) < 4.78 is 8.97. The SMILES string of the molecule is c1ccc(N(c2ccc3c(c2)sc2sc4ccc(N(c5ccccc5)c5ccc6c7ccccc7n(-c7ccccc7)c6c5)cc4c23)c2ccc3sc4ccccc4c3c2)cc1. The predicted molar refractivity (Wildman–Crippen MR) is 271 cm³/mol. The predicted octanol–water partition coefficient (Wildman–Crippen LogP) is 17.7. The number of hydrogen-bond donors (Lipinski definition) is 0. The number of rotatable bonds is 7. The number of thiophene rings is 3. The van der Waals surface area contributed by atoms with Crippen LogP contribution in [0.3, 0.4) is 0 Å². The van der Waals surface area contributed by atoms with E-state index in [0.29, 0.717) is 0 Å². The van der Waals surface area contributed by atoms with Crippen molar-refractivity contribution < 1.29 is 0 Å². The topological polar surface area (TPSA) is 11.4 Å². The van der Waals surface area contributed by atoms with Crippen LogP contribution < -0.4 is 9.80 Å². The standard InChI is InChI=1S/C56H35N3S3/c1-4-14-36(15-5-1)57(41-24-28-44-43-20-10-12-22-49(43)59(50(44)34-41)38-18-8-3-9-19-38)40-27-31-53-48(33-40)55-46-29-25-42(35-54(46)62-56(55)61-53)58(37-16-6-2-7-17-37)39-26-30-52-47(32-39)45-21-11-13-23-51(45)60-52/h1-35H. The summed E-state index contributed by atoms with van der Waals surface area (Å²) in [7, 11) is 0.